The number of aromatic nitrogens is 3. The molecule has 0 saturated carbocycles. The molecule has 16 heavy (non-hydrogen) atoms. The Labute approximate surface area is 115 Å². The van der Waals surface area contributed by atoms with Crippen molar-refractivity contribution in [3.8, 4) is 5.69 Å². The van der Waals surface area contributed by atoms with Gasteiger partial charge in [0.1, 0.15) is 0 Å². The maximum absolute atomic E-state index is 5.65. The second-order valence-corrected chi connectivity index (χ2v) is 5.34. The standard InChI is InChI=1S/C10H8Br2ClN3/c11-7-1-2-10(9(12)5-7)16-6-8(3-4-13)14-15-16/h1-2,5-6H,3-4H2. The van der Waals surface area contributed by atoms with Crippen LogP contribution in [0.15, 0.2) is 33.3 Å². The number of alkyl halides is 1. The van der Waals surface area contributed by atoms with Gasteiger partial charge in [-0.05, 0) is 34.1 Å². The summed E-state index contributed by atoms with van der Waals surface area (Å²) >= 11 is 12.5. The Morgan fingerprint density at radius 3 is 2.81 bits per heavy atom. The van der Waals surface area contributed by atoms with Crippen LogP contribution >= 0.6 is 43.5 Å². The van der Waals surface area contributed by atoms with E-state index in [1.165, 1.54) is 0 Å². The van der Waals surface area contributed by atoms with Crippen LogP contribution in [0.25, 0.3) is 5.69 Å². The smallest absolute Gasteiger partial charge is 0.0843 e. The summed E-state index contributed by atoms with van der Waals surface area (Å²) in [7, 11) is 0. The van der Waals surface area contributed by atoms with Crippen molar-refractivity contribution in [2.45, 2.75) is 6.42 Å². The second-order valence-electron chi connectivity index (χ2n) is 3.19. The first-order valence-electron chi connectivity index (χ1n) is 4.63. The molecule has 0 radical (unpaired) electrons. The molecular weight excluding hydrogens is 357 g/mol. The van der Waals surface area contributed by atoms with Crippen LogP contribution in [-0.4, -0.2) is 20.9 Å². The molecule has 0 unspecified atom stereocenters. The van der Waals surface area contributed by atoms with Gasteiger partial charge >= 0.3 is 0 Å². The van der Waals surface area contributed by atoms with Crippen LogP contribution in [0.3, 0.4) is 0 Å². The molecule has 2 rings (SSSR count). The van der Waals surface area contributed by atoms with Crippen LogP contribution in [0.1, 0.15) is 5.69 Å². The Balaban J connectivity index is 2.35. The van der Waals surface area contributed by atoms with Crippen molar-refractivity contribution < 1.29 is 0 Å². The van der Waals surface area contributed by atoms with Gasteiger partial charge < -0.3 is 0 Å². The van der Waals surface area contributed by atoms with Crippen LogP contribution in [0.5, 0.6) is 0 Å². The van der Waals surface area contributed by atoms with E-state index in [1.54, 1.807) is 4.68 Å². The fraction of sp³-hybridized carbons (Fsp3) is 0.200. The third-order valence-electron chi connectivity index (χ3n) is 2.05. The number of benzene rings is 1. The lowest BCUT2D eigenvalue weighted by Gasteiger charge is -2.03. The van der Waals surface area contributed by atoms with Gasteiger partial charge in [-0.1, -0.05) is 21.1 Å². The monoisotopic (exact) mass is 363 g/mol. The van der Waals surface area contributed by atoms with E-state index in [1.807, 2.05) is 24.4 Å². The van der Waals surface area contributed by atoms with E-state index in [0.717, 1.165) is 26.7 Å². The summed E-state index contributed by atoms with van der Waals surface area (Å²) in [6.45, 7) is 0. The van der Waals surface area contributed by atoms with Crippen molar-refractivity contribution in [3.05, 3.63) is 39.0 Å². The van der Waals surface area contributed by atoms with Gasteiger partial charge in [-0.25, -0.2) is 4.68 Å². The highest BCUT2D eigenvalue weighted by Crippen LogP contribution is 2.24. The largest absolute Gasteiger partial charge is 0.219 e. The number of hydrogen-bond donors (Lipinski definition) is 0. The highest BCUT2D eigenvalue weighted by molar-refractivity contribution is 9.11. The first kappa shape index (κ1) is 12.1. The average molecular weight is 365 g/mol. The van der Waals surface area contributed by atoms with E-state index in [4.69, 9.17) is 11.6 Å². The number of aryl methyl sites for hydroxylation is 1. The minimum Gasteiger partial charge on any atom is -0.219 e. The van der Waals surface area contributed by atoms with Gasteiger partial charge in [0, 0.05) is 21.2 Å². The zero-order valence-electron chi connectivity index (χ0n) is 8.20. The number of hydrogen-bond acceptors (Lipinski definition) is 2. The Hall–Kier alpha value is -0.390. The van der Waals surface area contributed by atoms with Gasteiger partial charge in [-0.3, -0.25) is 0 Å². The predicted octanol–water partition coefficient (Wildman–Crippen LogP) is 3.57. The van der Waals surface area contributed by atoms with Crippen LogP contribution in [0.4, 0.5) is 0 Å². The lowest BCUT2D eigenvalue weighted by atomic mass is 10.3. The van der Waals surface area contributed by atoms with Crippen molar-refractivity contribution in [1.29, 1.82) is 0 Å². The summed E-state index contributed by atoms with van der Waals surface area (Å²) in [6, 6.07) is 5.90. The minimum atomic E-state index is 0.556. The quantitative estimate of drug-likeness (QED) is 0.779. The molecule has 0 spiro atoms. The lowest BCUT2D eigenvalue weighted by Crippen LogP contribution is -1.95. The average Bonchev–Trinajstić information content (AvgIpc) is 2.67. The van der Waals surface area contributed by atoms with Crippen molar-refractivity contribution in [2.75, 3.05) is 5.88 Å². The molecule has 6 heteroatoms. The molecule has 0 fully saturated rings. The van der Waals surface area contributed by atoms with Gasteiger partial charge in [-0.15, -0.1) is 16.7 Å². The fourth-order valence-corrected chi connectivity index (χ4v) is 2.72. The van der Waals surface area contributed by atoms with E-state index in [2.05, 4.69) is 42.2 Å². The Morgan fingerprint density at radius 2 is 2.12 bits per heavy atom. The lowest BCUT2D eigenvalue weighted by molar-refractivity contribution is 0.795. The molecule has 0 N–H and O–H groups in total. The zero-order valence-corrected chi connectivity index (χ0v) is 12.1. The van der Waals surface area contributed by atoms with Crippen molar-refractivity contribution >= 4 is 43.5 Å². The third-order valence-corrected chi connectivity index (χ3v) is 3.37. The summed E-state index contributed by atoms with van der Waals surface area (Å²) in [4.78, 5) is 0. The highest BCUT2D eigenvalue weighted by Gasteiger charge is 2.06. The van der Waals surface area contributed by atoms with Crippen LogP contribution < -0.4 is 0 Å². The molecule has 2 aromatic rings. The molecular formula is C10H8Br2ClN3. The summed E-state index contributed by atoms with van der Waals surface area (Å²) < 4.78 is 3.71. The van der Waals surface area contributed by atoms with Gasteiger partial charge in [0.05, 0.1) is 17.6 Å². The van der Waals surface area contributed by atoms with E-state index >= 15 is 0 Å². The van der Waals surface area contributed by atoms with E-state index in [-0.39, 0.29) is 0 Å². The molecule has 3 nitrogen and oxygen atoms in total. The topological polar surface area (TPSA) is 30.7 Å². The second kappa shape index (κ2) is 5.29. The Morgan fingerprint density at radius 1 is 1.31 bits per heavy atom. The zero-order chi connectivity index (χ0) is 11.5. The Bertz CT molecular complexity index is 499. The van der Waals surface area contributed by atoms with Crippen molar-refractivity contribution in [3.63, 3.8) is 0 Å². The van der Waals surface area contributed by atoms with Crippen molar-refractivity contribution in [2.24, 2.45) is 0 Å². The van der Waals surface area contributed by atoms with Crippen LogP contribution in [0.2, 0.25) is 0 Å². The number of rotatable bonds is 3. The summed E-state index contributed by atoms with van der Waals surface area (Å²) in [5.74, 6) is 0.556. The van der Waals surface area contributed by atoms with Crippen LogP contribution in [0, 0.1) is 0 Å². The van der Waals surface area contributed by atoms with E-state index in [9.17, 15) is 0 Å². The summed E-state index contributed by atoms with van der Waals surface area (Å²) in [5.41, 5.74) is 1.85. The molecule has 0 aliphatic heterocycles. The molecule has 1 heterocycles. The molecule has 84 valence electrons. The maximum atomic E-state index is 5.65. The van der Waals surface area contributed by atoms with Gasteiger partial charge in [0.25, 0.3) is 0 Å². The van der Waals surface area contributed by atoms with Gasteiger partial charge in [0.15, 0.2) is 0 Å². The fourth-order valence-electron chi connectivity index (χ4n) is 1.29. The predicted molar refractivity (Wildman–Crippen MR) is 71.2 cm³/mol. The number of halogens is 3. The first-order valence-corrected chi connectivity index (χ1v) is 6.75. The molecule has 0 amide bonds. The SMILES string of the molecule is ClCCc1cn(-c2ccc(Br)cc2Br)nn1. The molecule has 0 bridgehead atoms. The number of nitrogens with zero attached hydrogens (tertiary/aromatic N) is 3. The Kier molecular flexibility index (Phi) is 4.00. The summed E-state index contributed by atoms with van der Waals surface area (Å²) in [5, 5.41) is 8.10. The normalized spacial score (nSPS) is 10.7. The molecule has 0 aliphatic carbocycles. The van der Waals surface area contributed by atoms with Gasteiger partial charge in [-0.2, -0.15) is 0 Å². The highest BCUT2D eigenvalue weighted by atomic mass is 79.9. The van der Waals surface area contributed by atoms with Crippen molar-refractivity contribution in [1.82, 2.24) is 15.0 Å². The molecule has 0 atom stereocenters. The molecule has 0 saturated heterocycles. The minimum absolute atomic E-state index is 0.556. The molecule has 1 aromatic carbocycles. The maximum Gasteiger partial charge on any atom is 0.0843 e. The molecule has 1 aromatic heterocycles. The summed E-state index contributed by atoms with van der Waals surface area (Å²) in [6.07, 6.45) is 2.62. The molecule has 0 aliphatic rings. The van der Waals surface area contributed by atoms with Crippen LogP contribution in [-0.2, 0) is 6.42 Å². The third kappa shape index (κ3) is 2.64. The van der Waals surface area contributed by atoms with E-state index in [0.29, 0.717) is 5.88 Å². The van der Waals surface area contributed by atoms with Gasteiger partial charge in [0.2, 0.25) is 0 Å². The first-order chi connectivity index (χ1) is 7.70. The van der Waals surface area contributed by atoms with E-state index < -0.39 is 0 Å².